The minimum absolute atomic E-state index is 0.913. The van der Waals surface area contributed by atoms with E-state index in [0.717, 1.165) is 34.8 Å². The summed E-state index contributed by atoms with van der Waals surface area (Å²) in [5.41, 5.74) is 2.12. The van der Waals surface area contributed by atoms with Crippen molar-refractivity contribution in [2.24, 2.45) is 5.92 Å². The van der Waals surface area contributed by atoms with Gasteiger partial charge in [-0.05, 0) is 45.2 Å². The van der Waals surface area contributed by atoms with Gasteiger partial charge in [-0.15, -0.1) is 0 Å². The zero-order valence-electron chi connectivity index (χ0n) is 12.1. The van der Waals surface area contributed by atoms with Crippen LogP contribution in [-0.4, -0.2) is 28.8 Å². The number of nitrogens with one attached hydrogen (secondary N) is 1. The van der Waals surface area contributed by atoms with Gasteiger partial charge < -0.3 is 5.32 Å². The Morgan fingerprint density at radius 3 is 2.53 bits per heavy atom. The van der Waals surface area contributed by atoms with Crippen molar-refractivity contribution in [2.75, 3.05) is 18.8 Å². The molecule has 0 saturated heterocycles. The fraction of sp³-hybridized carbons (Fsp3) is 0.733. The molecule has 0 spiro atoms. The van der Waals surface area contributed by atoms with E-state index in [1.807, 2.05) is 19.9 Å². The van der Waals surface area contributed by atoms with Crippen LogP contribution >= 0.6 is 11.8 Å². The molecule has 0 bridgehead atoms. The Morgan fingerprint density at radius 2 is 1.84 bits per heavy atom. The van der Waals surface area contributed by atoms with Crippen LogP contribution in [0.25, 0.3) is 0 Å². The first-order valence-electron chi connectivity index (χ1n) is 7.40. The van der Waals surface area contributed by atoms with Gasteiger partial charge >= 0.3 is 0 Å². The average molecular weight is 279 g/mol. The van der Waals surface area contributed by atoms with Gasteiger partial charge in [-0.2, -0.15) is 0 Å². The number of thioether (sulfide) groups is 1. The lowest BCUT2D eigenvalue weighted by Crippen LogP contribution is -2.26. The van der Waals surface area contributed by atoms with Crippen LogP contribution in [0.15, 0.2) is 11.2 Å². The molecule has 0 aliphatic heterocycles. The topological polar surface area (TPSA) is 37.8 Å². The predicted octanol–water partition coefficient (Wildman–Crippen LogP) is 3.36. The minimum Gasteiger partial charge on any atom is -0.316 e. The van der Waals surface area contributed by atoms with Crippen LogP contribution in [0.2, 0.25) is 0 Å². The number of aryl methyl sites for hydroxylation is 2. The third-order valence-corrected chi connectivity index (χ3v) is 4.48. The van der Waals surface area contributed by atoms with Gasteiger partial charge in [0.25, 0.3) is 0 Å². The average Bonchev–Trinajstić information content (AvgIpc) is 2.38. The number of aromatic nitrogens is 2. The van der Waals surface area contributed by atoms with E-state index in [1.54, 1.807) is 11.8 Å². The highest BCUT2D eigenvalue weighted by Crippen LogP contribution is 2.22. The van der Waals surface area contributed by atoms with Crippen LogP contribution in [0.5, 0.6) is 0 Å². The first-order valence-corrected chi connectivity index (χ1v) is 8.38. The molecule has 1 fully saturated rings. The van der Waals surface area contributed by atoms with E-state index in [1.165, 1.54) is 38.6 Å². The van der Waals surface area contributed by atoms with E-state index >= 15 is 0 Å². The summed E-state index contributed by atoms with van der Waals surface area (Å²) in [5, 5.41) is 4.49. The van der Waals surface area contributed by atoms with Crippen molar-refractivity contribution in [1.29, 1.82) is 0 Å². The Labute approximate surface area is 121 Å². The van der Waals surface area contributed by atoms with E-state index in [9.17, 15) is 0 Å². The van der Waals surface area contributed by atoms with Gasteiger partial charge in [-0.25, -0.2) is 9.97 Å². The maximum atomic E-state index is 4.45. The highest BCUT2D eigenvalue weighted by molar-refractivity contribution is 7.99. The SMILES string of the molecule is Cc1cc(C)nc(SCCNCC2CCCCC2)n1. The van der Waals surface area contributed by atoms with Gasteiger partial charge in [-0.1, -0.05) is 31.0 Å². The Bertz CT molecular complexity index is 369. The summed E-state index contributed by atoms with van der Waals surface area (Å²) in [5.74, 6) is 1.96. The van der Waals surface area contributed by atoms with Gasteiger partial charge in [0.15, 0.2) is 5.16 Å². The van der Waals surface area contributed by atoms with Crippen molar-refractivity contribution in [3.8, 4) is 0 Å². The van der Waals surface area contributed by atoms with Crippen LogP contribution in [0, 0.1) is 19.8 Å². The molecule has 1 heterocycles. The largest absolute Gasteiger partial charge is 0.316 e. The normalized spacial score (nSPS) is 16.7. The smallest absolute Gasteiger partial charge is 0.188 e. The number of nitrogens with zero attached hydrogens (tertiary/aromatic N) is 2. The molecular formula is C15H25N3S. The minimum atomic E-state index is 0.913. The lowest BCUT2D eigenvalue weighted by molar-refractivity contribution is 0.345. The molecule has 1 aliphatic rings. The van der Waals surface area contributed by atoms with E-state index in [2.05, 4.69) is 15.3 Å². The molecule has 1 aromatic heterocycles. The number of hydrogen-bond acceptors (Lipinski definition) is 4. The summed E-state index contributed by atoms with van der Waals surface area (Å²) in [6.07, 6.45) is 7.13. The quantitative estimate of drug-likeness (QED) is 0.492. The van der Waals surface area contributed by atoms with Gasteiger partial charge in [0, 0.05) is 23.7 Å². The Balaban J connectivity index is 1.60. The van der Waals surface area contributed by atoms with Gasteiger partial charge in [0.1, 0.15) is 0 Å². The molecule has 1 aliphatic carbocycles. The zero-order chi connectivity index (χ0) is 13.5. The molecule has 4 heteroatoms. The predicted molar refractivity (Wildman–Crippen MR) is 81.7 cm³/mol. The zero-order valence-corrected chi connectivity index (χ0v) is 12.9. The highest BCUT2D eigenvalue weighted by atomic mass is 32.2. The molecule has 2 rings (SSSR count). The lowest BCUT2D eigenvalue weighted by atomic mass is 9.89. The molecule has 0 unspecified atom stereocenters. The summed E-state index contributed by atoms with van der Waals surface area (Å²) in [6.45, 7) is 6.30. The summed E-state index contributed by atoms with van der Waals surface area (Å²) in [6, 6.07) is 2.02. The third-order valence-electron chi connectivity index (χ3n) is 3.63. The van der Waals surface area contributed by atoms with Crippen LogP contribution in [0.1, 0.15) is 43.5 Å². The summed E-state index contributed by atoms with van der Waals surface area (Å²) in [4.78, 5) is 8.89. The Morgan fingerprint density at radius 1 is 1.16 bits per heavy atom. The molecule has 1 N–H and O–H groups in total. The van der Waals surface area contributed by atoms with Crippen molar-refractivity contribution in [1.82, 2.24) is 15.3 Å². The maximum Gasteiger partial charge on any atom is 0.188 e. The Kier molecular flexibility index (Phi) is 6.11. The Hall–Kier alpha value is -0.610. The molecular weight excluding hydrogens is 254 g/mol. The first kappa shape index (κ1) is 14.8. The fourth-order valence-corrected chi connectivity index (χ4v) is 3.52. The van der Waals surface area contributed by atoms with Crippen LogP contribution in [0.4, 0.5) is 0 Å². The van der Waals surface area contributed by atoms with Crippen molar-refractivity contribution in [3.05, 3.63) is 17.5 Å². The lowest BCUT2D eigenvalue weighted by Gasteiger charge is -2.21. The van der Waals surface area contributed by atoms with Crippen molar-refractivity contribution in [2.45, 2.75) is 51.1 Å². The van der Waals surface area contributed by atoms with E-state index in [0.29, 0.717) is 0 Å². The number of hydrogen-bond donors (Lipinski definition) is 1. The monoisotopic (exact) mass is 279 g/mol. The van der Waals surface area contributed by atoms with Crippen LogP contribution < -0.4 is 5.32 Å². The second-order valence-corrected chi connectivity index (χ2v) is 6.55. The molecule has 19 heavy (non-hydrogen) atoms. The second-order valence-electron chi connectivity index (χ2n) is 5.49. The van der Waals surface area contributed by atoms with Gasteiger partial charge in [-0.3, -0.25) is 0 Å². The fourth-order valence-electron chi connectivity index (χ4n) is 2.67. The summed E-state index contributed by atoms with van der Waals surface area (Å²) >= 11 is 1.75. The molecule has 106 valence electrons. The second kappa shape index (κ2) is 7.85. The van der Waals surface area contributed by atoms with Crippen molar-refractivity contribution in [3.63, 3.8) is 0 Å². The number of rotatable bonds is 6. The van der Waals surface area contributed by atoms with Gasteiger partial charge in [0.05, 0.1) is 0 Å². The van der Waals surface area contributed by atoms with E-state index < -0.39 is 0 Å². The molecule has 0 radical (unpaired) electrons. The van der Waals surface area contributed by atoms with Crippen molar-refractivity contribution < 1.29 is 0 Å². The summed E-state index contributed by atoms with van der Waals surface area (Å²) in [7, 11) is 0. The molecule has 0 amide bonds. The molecule has 0 atom stereocenters. The highest BCUT2D eigenvalue weighted by Gasteiger charge is 2.12. The molecule has 1 aromatic rings. The first-order chi connectivity index (χ1) is 9.24. The molecule has 1 saturated carbocycles. The standard InChI is InChI=1S/C15H25N3S/c1-12-10-13(2)18-15(17-12)19-9-8-16-11-14-6-4-3-5-7-14/h10,14,16H,3-9,11H2,1-2H3. The third kappa shape index (κ3) is 5.49. The van der Waals surface area contributed by atoms with Crippen LogP contribution in [-0.2, 0) is 0 Å². The van der Waals surface area contributed by atoms with Crippen molar-refractivity contribution >= 4 is 11.8 Å². The maximum absolute atomic E-state index is 4.45. The molecule has 0 aromatic carbocycles. The molecule has 3 nitrogen and oxygen atoms in total. The van der Waals surface area contributed by atoms with E-state index in [4.69, 9.17) is 0 Å². The van der Waals surface area contributed by atoms with Crippen LogP contribution in [0.3, 0.4) is 0 Å². The summed E-state index contributed by atoms with van der Waals surface area (Å²) < 4.78 is 0. The van der Waals surface area contributed by atoms with Gasteiger partial charge in [0.2, 0.25) is 0 Å². The van der Waals surface area contributed by atoms with E-state index in [-0.39, 0.29) is 0 Å².